The normalized spacial score (nSPS) is 41.7. The van der Waals surface area contributed by atoms with Gasteiger partial charge in [-0.3, -0.25) is 4.79 Å². The first-order chi connectivity index (χ1) is 14.4. The summed E-state index contributed by atoms with van der Waals surface area (Å²) in [5.41, 5.74) is -0.265. The van der Waals surface area contributed by atoms with Gasteiger partial charge in [0, 0.05) is 0 Å². The standard InChI is InChI=1S/C19H34O12/c1-19(2,3)7-28-11(22)4-8-12(23)15(26)17(10(6-21)29-8)31-18-16(27)14(25)13(24)9(5-20)30-18/h8-10,12-18,20-21,23-27H,4-7H2,1-3H3. The van der Waals surface area contributed by atoms with E-state index in [9.17, 15) is 40.5 Å². The van der Waals surface area contributed by atoms with E-state index >= 15 is 0 Å². The third kappa shape index (κ3) is 6.54. The number of esters is 1. The minimum atomic E-state index is -1.74. The lowest BCUT2D eigenvalue weighted by molar-refractivity contribution is -0.342. The first kappa shape index (κ1) is 26.3. The third-order valence-corrected chi connectivity index (χ3v) is 5.14. The second kappa shape index (κ2) is 10.8. The lowest BCUT2D eigenvalue weighted by Gasteiger charge is -2.46. The summed E-state index contributed by atoms with van der Waals surface area (Å²) in [6, 6.07) is 0. The molecule has 0 aromatic heterocycles. The largest absolute Gasteiger partial charge is 0.465 e. The molecule has 31 heavy (non-hydrogen) atoms. The van der Waals surface area contributed by atoms with Crippen molar-refractivity contribution >= 4 is 5.97 Å². The molecule has 2 saturated heterocycles. The van der Waals surface area contributed by atoms with Crippen LogP contribution in [-0.4, -0.2) is 123 Å². The Labute approximate surface area is 179 Å². The number of aliphatic hydroxyl groups excluding tert-OH is 7. The highest BCUT2D eigenvalue weighted by molar-refractivity contribution is 5.70. The van der Waals surface area contributed by atoms with Gasteiger partial charge in [0.1, 0.15) is 48.8 Å². The fourth-order valence-corrected chi connectivity index (χ4v) is 3.36. The van der Waals surface area contributed by atoms with Crippen LogP contribution in [0.5, 0.6) is 0 Å². The molecule has 0 saturated carbocycles. The molecule has 0 aliphatic carbocycles. The van der Waals surface area contributed by atoms with E-state index in [2.05, 4.69) is 0 Å². The van der Waals surface area contributed by atoms with Gasteiger partial charge in [0.2, 0.25) is 0 Å². The highest BCUT2D eigenvalue weighted by Crippen LogP contribution is 2.30. The Hall–Kier alpha value is -0.930. The van der Waals surface area contributed by atoms with Gasteiger partial charge in [-0.05, 0) is 5.41 Å². The number of carbonyl (C=O) groups is 1. The third-order valence-electron chi connectivity index (χ3n) is 5.14. The maximum absolute atomic E-state index is 12.1. The van der Waals surface area contributed by atoms with Crippen LogP contribution in [0.2, 0.25) is 0 Å². The fraction of sp³-hybridized carbons (Fsp3) is 0.947. The van der Waals surface area contributed by atoms with Gasteiger partial charge in [-0.15, -0.1) is 0 Å². The molecule has 2 fully saturated rings. The first-order valence-corrected chi connectivity index (χ1v) is 10.1. The van der Waals surface area contributed by atoms with E-state index < -0.39 is 80.4 Å². The van der Waals surface area contributed by atoms with Crippen LogP contribution < -0.4 is 0 Å². The van der Waals surface area contributed by atoms with Gasteiger partial charge < -0.3 is 54.7 Å². The number of hydrogen-bond donors (Lipinski definition) is 7. The van der Waals surface area contributed by atoms with Gasteiger partial charge in [0.25, 0.3) is 0 Å². The van der Waals surface area contributed by atoms with E-state index in [1.165, 1.54) is 0 Å². The monoisotopic (exact) mass is 454 g/mol. The number of aliphatic hydroxyl groups is 7. The molecule has 2 aliphatic heterocycles. The molecule has 0 radical (unpaired) electrons. The van der Waals surface area contributed by atoms with Gasteiger partial charge in [-0.2, -0.15) is 0 Å². The van der Waals surface area contributed by atoms with Crippen LogP contribution in [0.15, 0.2) is 0 Å². The molecular formula is C19H34O12. The Morgan fingerprint density at radius 3 is 1.94 bits per heavy atom. The van der Waals surface area contributed by atoms with Crippen LogP contribution in [0.3, 0.4) is 0 Å². The van der Waals surface area contributed by atoms with E-state index in [1.54, 1.807) is 0 Å². The van der Waals surface area contributed by atoms with Crippen LogP contribution in [-0.2, 0) is 23.7 Å². The van der Waals surface area contributed by atoms with Gasteiger partial charge in [0.15, 0.2) is 6.29 Å². The summed E-state index contributed by atoms with van der Waals surface area (Å²) in [4.78, 5) is 12.1. The van der Waals surface area contributed by atoms with Gasteiger partial charge in [-0.25, -0.2) is 0 Å². The molecule has 0 amide bonds. The Bertz CT molecular complexity index is 577. The number of hydrogen-bond acceptors (Lipinski definition) is 12. The van der Waals surface area contributed by atoms with Crippen molar-refractivity contribution in [1.29, 1.82) is 0 Å². The van der Waals surface area contributed by atoms with E-state index in [0.717, 1.165) is 0 Å². The summed E-state index contributed by atoms with van der Waals surface area (Å²) in [6.07, 6.45) is -15.3. The molecule has 10 atom stereocenters. The topological polar surface area (TPSA) is 196 Å². The van der Waals surface area contributed by atoms with E-state index in [1.807, 2.05) is 20.8 Å². The lowest BCUT2D eigenvalue weighted by Crippen LogP contribution is -2.64. The summed E-state index contributed by atoms with van der Waals surface area (Å²) in [7, 11) is 0. The van der Waals surface area contributed by atoms with Crippen molar-refractivity contribution < 1.29 is 59.5 Å². The minimum absolute atomic E-state index is 0.142. The molecule has 2 heterocycles. The second-order valence-electron chi connectivity index (χ2n) is 9.10. The highest BCUT2D eigenvalue weighted by atomic mass is 16.7. The average molecular weight is 454 g/mol. The molecule has 0 aromatic carbocycles. The van der Waals surface area contributed by atoms with Gasteiger partial charge >= 0.3 is 5.97 Å². The smallest absolute Gasteiger partial charge is 0.308 e. The van der Waals surface area contributed by atoms with Crippen LogP contribution >= 0.6 is 0 Å². The Morgan fingerprint density at radius 1 is 0.806 bits per heavy atom. The van der Waals surface area contributed by atoms with Crippen molar-refractivity contribution in [2.75, 3.05) is 19.8 Å². The second-order valence-corrected chi connectivity index (χ2v) is 9.10. The minimum Gasteiger partial charge on any atom is -0.465 e. The SMILES string of the molecule is CC(C)(C)COC(=O)CC1OC(CO)C(OC2OC(CO)C(O)C(O)C2O)C(O)C1O. The maximum atomic E-state index is 12.1. The van der Waals surface area contributed by atoms with Gasteiger partial charge in [0.05, 0.1) is 32.3 Å². The highest BCUT2D eigenvalue weighted by Gasteiger charge is 2.50. The average Bonchev–Trinajstić information content (AvgIpc) is 2.71. The molecule has 0 aromatic rings. The van der Waals surface area contributed by atoms with Crippen molar-refractivity contribution in [3.8, 4) is 0 Å². The molecule has 2 aliphatic rings. The van der Waals surface area contributed by atoms with E-state index in [4.69, 9.17) is 18.9 Å². The van der Waals surface area contributed by atoms with E-state index in [0.29, 0.717) is 0 Å². The Morgan fingerprint density at radius 2 is 1.39 bits per heavy atom. The number of rotatable bonds is 7. The summed E-state index contributed by atoms with van der Waals surface area (Å²) in [6.45, 7) is 4.42. The van der Waals surface area contributed by atoms with Crippen molar-refractivity contribution in [2.45, 2.75) is 88.4 Å². The summed E-state index contributed by atoms with van der Waals surface area (Å²) < 4.78 is 21.4. The van der Waals surface area contributed by atoms with Crippen LogP contribution in [0.4, 0.5) is 0 Å². The zero-order valence-electron chi connectivity index (χ0n) is 17.8. The molecule has 12 heteroatoms. The fourth-order valence-electron chi connectivity index (χ4n) is 3.36. The van der Waals surface area contributed by atoms with Crippen molar-refractivity contribution in [3.63, 3.8) is 0 Å². The van der Waals surface area contributed by atoms with Gasteiger partial charge in [-0.1, -0.05) is 20.8 Å². The molecule has 12 nitrogen and oxygen atoms in total. The number of carbonyl (C=O) groups excluding carboxylic acids is 1. The van der Waals surface area contributed by atoms with E-state index in [-0.39, 0.29) is 18.4 Å². The van der Waals surface area contributed by atoms with Crippen LogP contribution in [0.1, 0.15) is 27.2 Å². The molecule has 182 valence electrons. The Kier molecular flexibility index (Phi) is 9.16. The Balaban J connectivity index is 2.04. The lowest BCUT2D eigenvalue weighted by atomic mass is 9.93. The van der Waals surface area contributed by atoms with Crippen LogP contribution in [0, 0.1) is 5.41 Å². The summed E-state index contributed by atoms with van der Waals surface area (Å²) in [5, 5.41) is 69.7. The maximum Gasteiger partial charge on any atom is 0.308 e. The van der Waals surface area contributed by atoms with Crippen molar-refractivity contribution in [2.24, 2.45) is 5.41 Å². The first-order valence-electron chi connectivity index (χ1n) is 10.1. The number of ether oxygens (including phenoxy) is 4. The molecular weight excluding hydrogens is 420 g/mol. The zero-order valence-corrected chi connectivity index (χ0v) is 17.8. The van der Waals surface area contributed by atoms with Crippen LogP contribution in [0.25, 0.3) is 0 Å². The summed E-state index contributed by atoms with van der Waals surface area (Å²) in [5.74, 6) is -0.656. The molecule has 7 N–H and O–H groups in total. The quantitative estimate of drug-likeness (QED) is 0.189. The predicted molar refractivity (Wildman–Crippen MR) is 101 cm³/mol. The predicted octanol–water partition coefficient (Wildman–Crippen LogP) is -3.37. The molecule has 0 spiro atoms. The molecule has 0 bridgehead atoms. The zero-order chi connectivity index (χ0) is 23.5. The molecule has 2 rings (SSSR count). The molecule has 10 unspecified atom stereocenters. The summed E-state index contributed by atoms with van der Waals surface area (Å²) >= 11 is 0. The van der Waals surface area contributed by atoms with Crippen molar-refractivity contribution in [1.82, 2.24) is 0 Å². The van der Waals surface area contributed by atoms with Crippen molar-refractivity contribution in [3.05, 3.63) is 0 Å².